The number of rotatable bonds is 4. The van der Waals surface area contributed by atoms with E-state index >= 15 is 0 Å². The monoisotopic (exact) mass is 429 g/mol. The van der Waals surface area contributed by atoms with Crippen LogP contribution in [0.25, 0.3) is 0 Å². The van der Waals surface area contributed by atoms with Gasteiger partial charge in [0.1, 0.15) is 11.4 Å². The van der Waals surface area contributed by atoms with Crippen LogP contribution in [0.4, 0.5) is 5.82 Å². The van der Waals surface area contributed by atoms with Crippen LogP contribution in [0.5, 0.6) is 0 Å². The summed E-state index contributed by atoms with van der Waals surface area (Å²) in [6.07, 6.45) is 7.59. The highest BCUT2D eigenvalue weighted by Crippen LogP contribution is 2.39. The molecule has 0 spiro atoms. The zero-order valence-corrected chi connectivity index (χ0v) is 18.9. The molecular formula is C26H31N5O. The third kappa shape index (κ3) is 4.01. The molecule has 0 aliphatic carbocycles. The number of nitrogens with zero attached hydrogens (tertiary/aromatic N) is 4. The second-order valence-electron chi connectivity index (χ2n) is 9.71. The van der Waals surface area contributed by atoms with Crippen LogP contribution in [-0.2, 0) is 12.0 Å². The summed E-state index contributed by atoms with van der Waals surface area (Å²) < 4.78 is 1.97. The number of carbonyl (C=O) groups excluding carboxylic acids is 1. The maximum atomic E-state index is 13.5. The lowest BCUT2D eigenvalue weighted by molar-refractivity contribution is 0.0691. The molecule has 1 atom stereocenters. The molecule has 1 saturated heterocycles. The Labute approximate surface area is 189 Å². The van der Waals surface area contributed by atoms with Gasteiger partial charge in [0.2, 0.25) is 0 Å². The van der Waals surface area contributed by atoms with Gasteiger partial charge in [-0.05, 0) is 63.1 Å². The minimum absolute atomic E-state index is 0.0542. The number of anilines is 1. The van der Waals surface area contributed by atoms with Gasteiger partial charge < -0.3 is 10.2 Å². The van der Waals surface area contributed by atoms with Gasteiger partial charge in [0.05, 0.1) is 23.5 Å². The van der Waals surface area contributed by atoms with Crippen LogP contribution in [0.1, 0.15) is 60.8 Å². The number of nitrogens with one attached hydrogen (secondary N) is 1. The van der Waals surface area contributed by atoms with Gasteiger partial charge in [0.15, 0.2) is 0 Å². The Balaban J connectivity index is 1.30. The van der Waals surface area contributed by atoms with Crippen molar-refractivity contribution in [1.29, 1.82) is 0 Å². The summed E-state index contributed by atoms with van der Waals surface area (Å²) in [7, 11) is 0. The molecule has 6 heteroatoms. The number of amides is 1. The molecule has 32 heavy (non-hydrogen) atoms. The first-order valence-corrected chi connectivity index (χ1v) is 11.6. The zero-order valence-electron chi connectivity index (χ0n) is 18.9. The van der Waals surface area contributed by atoms with Crippen molar-refractivity contribution in [2.75, 3.05) is 18.4 Å². The van der Waals surface area contributed by atoms with Crippen LogP contribution in [0.2, 0.25) is 0 Å². The number of piperidine rings is 1. The number of hydrogen-bond donors (Lipinski definition) is 1. The van der Waals surface area contributed by atoms with E-state index in [-0.39, 0.29) is 17.5 Å². The fourth-order valence-corrected chi connectivity index (χ4v) is 5.12. The van der Waals surface area contributed by atoms with Crippen LogP contribution in [0, 0.1) is 5.92 Å². The van der Waals surface area contributed by atoms with Gasteiger partial charge in [-0.1, -0.05) is 36.4 Å². The molecule has 166 valence electrons. The summed E-state index contributed by atoms with van der Waals surface area (Å²) in [4.78, 5) is 20.0. The average molecular weight is 430 g/mol. The standard InChI is InChI=1S/C26H31N5O/c1-26(2)17-23(22-10-6-7-13-27-22)29-24-21(18-28-31(24)26)25(32)30-14-11-20(12-15-30)16-19-8-4-3-5-9-19/h3-10,13,18,20,23,29H,11-12,14-17H2,1-2H3. The Morgan fingerprint density at radius 1 is 1.09 bits per heavy atom. The van der Waals surface area contributed by atoms with Crippen LogP contribution < -0.4 is 5.32 Å². The molecule has 2 aliphatic rings. The van der Waals surface area contributed by atoms with E-state index in [4.69, 9.17) is 0 Å². The molecule has 5 rings (SSSR count). The summed E-state index contributed by atoms with van der Waals surface area (Å²) in [6, 6.07) is 16.7. The molecule has 1 unspecified atom stereocenters. The minimum atomic E-state index is -0.204. The predicted molar refractivity (Wildman–Crippen MR) is 126 cm³/mol. The van der Waals surface area contributed by atoms with Crippen molar-refractivity contribution in [3.63, 3.8) is 0 Å². The molecule has 1 N–H and O–H groups in total. The van der Waals surface area contributed by atoms with Gasteiger partial charge in [-0.15, -0.1) is 0 Å². The van der Waals surface area contributed by atoms with E-state index < -0.39 is 0 Å². The second-order valence-corrected chi connectivity index (χ2v) is 9.71. The van der Waals surface area contributed by atoms with E-state index in [0.29, 0.717) is 11.5 Å². The van der Waals surface area contributed by atoms with E-state index in [0.717, 1.165) is 50.3 Å². The molecule has 1 fully saturated rings. The van der Waals surface area contributed by atoms with Gasteiger partial charge in [-0.25, -0.2) is 4.68 Å². The van der Waals surface area contributed by atoms with E-state index in [1.165, 1.54) is 5.56 Å². The van der Waals surface area contributed by atoms with Gasteiger partial charge >= 0.3 is 0 Å². The molecule has 0 radical (unpaired) electrons. The minimum Gasteiger partial charge on any atom is -0.361 e. The molecule has 2 aliphatic heterocycles. The van der Waals surface area contributed by atoms with Gasteiger partial charge in [0, 0.05) is 19.3 Å². The van der Waals surface area contributed by atoms with Crippen LogP contribution in [0.15, 0.2) is 60.9 Å². The molecule has 1 aromatic carbocycles. The highest BCUT2D eigenvalue weighted by atomic mass is 16.2. The Morgan fingerprint density at radius 2 is 1.84 bits per heavy atom. The Morgan fingerprint density at radius 3 is 2.56 bits per heavy atom. The Bertz CT molecular complexity index is 1070. The SMILES string of the molecule is CC1(C)CC(c2ccccn2)Nc2c(C(=O)N3CCC(Cc4ccccc4)CC3)cnn21. The smallest absolute Gasteiger partial charge is 0.259 e. The number of aromatic nitrogens is 3. The van der Waals surface area contributed by atoms with Crippen molar-refractivity contribution in [3.05, 3.63) is 77.7 Å². The fraction of sp³-hybridized carbons (Fsp3) is 0.423. The Hall–Kier alpha value is -3.15. The van der Waals surface area contributed by atoms with Crippen molar-refractivity contribution < 1.29 is 4.79 Å². The highest BCUT2D eigenvalue weighted by Gasteiger charge is 2.38. The van der Waals surface area contributed by atoms with E-state index in [1.807, 2.05) is 34.0 Å². The quantitative estimate of drug-likeness (QED) is 0.655. The molecule has 2 aromatic heterocycles. The van der Waals surface area contributed by atoms with Crippen molar-refractivity contribution in [3.8, 4) is 0 Å². The zero-order chi connectivity index (χ0) is 22.1. The molecule has 0 bridgehead atoms. The lowest BCUT2D eigenvalue weighted by Crippen LogP contribution is -2.41. The summed E-state index contributed by atoms with van der Waals surface area (Å²) in [5.41, 5.74) is 2.84. The summed E-state index contributed by atoms with van der Waals surface area (Å²) in [6.45, 7) is 5.94. The number of fused-ring (bicyclic) bond motifs is 1. The average Bonchev–Trinajstić information content (AvgIpc) is 3.25. The van der Waals surface area contributed by atoms with Crippen LogP contribution >= 0.6 is 0 Å². The lowest BCUT2D eigenvalue weighted by Gasteiger charge is -2.38. The lowest BCUT2D eigenvalue weighted by atomic mass is 9.89. The van der Waals surface area contributed by atoms with Crippen molar-refractivity contribution in [2.45, 2.75) is 51.1 Å². The van der Waals surface area contributed by atoms with Crippen molar-refractivity contribution >= 4 is 11.7 Å². The van der Waals surface area contributed by atoms with E-state index in [1.54, 1.807) is 6.20 Å². The van der Waals surface area contributed by atoms with Crippen molar-refractivity contribution in [2.24, 2.45) is 5.92 Å². The molecule has 1 amide bonds. The van der Waals surface area contributed by atoms with Gasteiger partial charge in [0.25, 0.3) is 5.91 Å². The molecule has 0 saturated carbocycles. The molecule has 3 aromatic rings. The first-order valence-electron chi connectivity index (χ1n) is 11.6. The van der Waals surface area contributed by atoms with Crippen LogP contribution in [0.3, 0.4) is 0 Å². The number of carbonyl (C=O) groups is 1. The van der Waals surface area contributed by atoms with Gasteiger partial charge in [-0.3, -0.25) is 9.78 Å². The van der Waals surface area contributed by atoms with Gasteiger partial charge in [-0.2, -0.15) is 5.10 Å². The molecule has 6 nitrogen and oxygen atoms in total. The first-order chi connectivity index (χ1) is 15.5. The molecule has 4 heterocycles. The maximum absolute atomic E-state index is 13.5. The second kappa shape index (κ2) is 8.41. The maximum Gasteiger partial charge on any atom is 0.259 e. The largest absolute Gasteiger partial charge is 0.361 e. The van der Waals surface area contributed by atoms with Crippen molar-refractivity contribution in [1.82, 2.24) is 19.7 Å². The number of likely N-dealkylation sites (tertiary alicyclic amines) is 1. The third-order valence-electron chi connectivity index (χ3n) is 6.90. The highest BCUT2D eigenvalue weighted by molar-refractivity contribution is 5.99. The normalized spacial score (nSPS) is 20.4. The summed E-state index contributed by atoms with van der Waals surface area (Å²) in [5, 5.41) is 8.18. The number of hydrogen-bond acceptors (Lipinski definition) is 4. The van der Waals surface area contributed by atoms with E-state index in [2.05, 4.69) is 59.6 Å². The predicted octanol–water partition coefficient (Wildman–Crippen LogP) is 4.67. The third-order valence-corrected chi connectivity index (χ3v) is 6.90. The Kier molecular flexibility index (Phi) is 5.45. The number of pyridine rings is 1. The van der Waals surface area contributed by atoms with E-state index in [9.17, 15) is 4.79 Å². The summed E-state index contributed by atoms with van der Waals surface area (Å²) >= 11 is 0. The summed E-state index contributed by atoms with van der Waals surface area (Å²) in [5.74, 6) is 1.52. The first kappa shape index (κ1) is 20.7. The molecular weight excluding hydrogens is 398 g/mol. The topological polar surface area (TPSA) is 63.1 Å². The number of benzene rings is 1. The van der Waals surface area contributed by atoms with Crippen LogP contribution in [-0.4, -0.2) is 38.7 Å². The fourth-order valence-electron chi connectivity index (χ4n) is 5.12.